The molecule has 1 rings (SSSR count). The second-order valence-electron chi connectivity index (χ2n) is 3.72. The Morgan fingerprint density at radius 3 is 2.54 bits per heavy atom. The zero-order chi connectivity index (χ0) is 10.0. The van der Waals surface area contributed by atoms with Crippen LogP contribution in [-0.2, 0) is 9.59 Å². The Hall–Kier alpha value is -1.06. The molecule has 1 heterocycles. The number of rotatable bonds is 2. The van der Waals surface area contributed by atoms with Crippen LogP contribution in [0.3, 0.4) is 0 Å². The Morgan fingerprint density at radius 1 is 1.54 bits per heavy atom. The molecule has 74 valence electrons. The van der Waals surface area contributed by atoms with E-state index in [1.807, 2.05) is 6.92 Å². The van der Waals surface area contributed by atoms with Gasteiger partial charge in [0.25, 0.3) is 0 Å². The van der Waals surface area contributed by atoms with Gasteiger partial charge in [-0.05, 0) is 19.3 Å². The second kappa shape index (κ2) is 3.77. The van der Waals surface area contributed by atoms with E-state index in [0.717, 1.165) is 6.42 Å². The summed E-state index contributed by atoms with van der Waals surface area (Å²) < 4.78 is 0. The molecule has 4 nitrogen and oxygen atoms in total. The van der Waals surface area contributed by atoms with Crippen molar-refractivity contribution in [2.75, 3.05) is 6.54 Å². The fourth-order valence-electron chi connectivity index (χ4n) is 1.98. The van der Waals surface area contributed by atoms with Crippen molar-refractivity contribution in [3.8, 4) is 0 Å². The van der Waals surface area contributed by atoms with E-state index < -0.39 is 5.97 Å². The number of amides is 1. The smallest absolute Gasteiger partial charge is 0.303 e. The molecule has 1 amide bonds. The van der Waals surface area contributed by atoms with Crippen molar-refractivity contribution in [2.24, 2.45) is 5.92 Å². The summed E-state index contributed by atoms with van der Waals surface area (Å²) in [5, 5.41) is 8.58. The zero-order valence-corrected chi connectivity index (χ0v) is 7.99. The lowest BCUT2D eigenvalue weighted by Crippen LogP contribution is -2.31. The molecule has 1 aliphatic heterocycles. The molecule has 0 spiro atoms. The van der Waals surface area contributed by atoms with Gasteiger partial charge in [-0.15, -0.1) is 0 Å². The molecule has 4 heteroatoms. The molecule has 0 aliphatic carbocycles. The topological polar surface area (TPSA) is 57.6 Å². The molecule has 0 bridgehead atoms. The number of carbonyl (C=O) groups excluding carboxylic acids is 1. The molecule has 1 N–H and O–H groups in total. The summed E-state index contributed by atoms with van der Waals surface area (Å²) in [6, 6.07) is 0.196. The van der Waals surface area contributed by atoms with Gasteiger partial charge in [-0.3, -0.25) is 9.59 Å². The minimum Gasteiger partial charge on any atom is -0.481 e. The van der Waals surface area contributed by atoms with Gasteiger partial charge in [0.05, 0.1) is 0 Å². The summed E-state index contributed by atoms with van der Waals surface area (Å²) >= 11 is 0. The highest BCUT2D eigenvalue weighted by Gasteiger charge is 2.31. The third kappa shape index (κ3) is 2.44. The van der Waals surface area contributed by atoms with Crippen molar-refractivity contribution in [1.29, 1.82) is 0 Å². The monoisotopic (exact) mass is 185 g/mol. The molecule has 1 aliphatic rings. The summed E-state index contributed by atoms with van der Waals surface area (Å²) in [6.45, 7) is 4.09. The standard InChI is InChI=1S/C9H15NO3/c1-6-3-8(4-9(12)13)5-10(6)7(2)11/h6,8H,3-5H2,1-2H3,(H,12,13). The Labute approximate surface area is 77.5 Å². The van der Waals surface area contributed by atoms with Crippen LogP contribution in [0.4, 0.5) is 0 Å². The lowest BCUT2D eigenvalue weighted by molar-refractivity contribution is -0.138. The fourth-order valence-corrected chi connectivity index (χ4v) is 1.98. The molecule has 2 atom stereocenters. The van der Waals surface area contributed by atoms with Crippen LogP contribution >= 0.6 is 0 Å². The summed E-state index contributed by atoms with van der Waals surface area (Å²) in [6.07, 6.45) is 0.986. The largest absolute Gasteiger partial charge is 0.481 e. The van der Waals surface area contributed by atoms with Gasteiger partial charge in [0, 0.05) is 25.9 Å². The molecule has 0 aromatic heterocycles. The van der Waals surface area contributed by atoms with Crippen LogP contribution in [0, 0.1) is 5.92 Å². The maximum absolute atomic E-state index is 11.1. The van der Waals surface area contributed by atoms with E-state index in [0.29, 0.717) is 6.54 Å². The van der Waals surface area contributed by atoms with E-state index in [9.17, 15) is 9.59 Å². The first-order valence-electron chi connectivity index (χ1n) is 4.49. The van der Waals surface area contributed by atoms with E-state index in [2.05, 4.69) is 0 Å². The third-order valence-corrected chi connectivity index (χ3v) is 2.53. The number of hydrogen-bond acceptors (Lipinski definition) is 2. The maximum Gasteiger partial charge on any atom is 0.303 e. The van der Waals surface area contributed by atoms with Gasteiger partial charge < -0.3 is 10.0 Å². The molecular formula is C9H15NO3. The minimum atomic E-state index is -0.775. The van der Waals surface area contributed by atoms with E-state index in [-0.39, 0.29) is 24.3 Å². The molecule has 13 heavy (non-hydrogen) atoms. The Balaban J connectivity index is 2.50. The molecule has 2 unspecified atom stereocenters. The number of hydrogen-bond donors (Lipinski definition) is 1. The summed E-state index contributed by atoms with van der Waals surface area (Å²) in [7, 11) is 0. The zero-order valence-electron chi connectivity index (χ0n) is 7.99. The van der Waals surface area contributed by atoms with Gasteiger partial charge in [0.2, 0.25) is 5.91 Å². The Kier molecular flexibility index (Phi) is 2.90. The van der Waals surface area contributed by atoms with Crippen molar-refractivity contribution < 1.29 is 14.7 Å². The molecule has 0 radical (unpaired) electrons. The number of carboxylic acid groups (broad SMARTS) is 1. The van der Waals surface area contributed by atoms with E-state index in [4.69, 9.17) is 5.11 Å². The first-order valence-corrected chi connectivity index (χ1v) is 4.49. The second-order valence-corrected chi connectivity index (χ2v) is 3.72. The van der Waals surface area contributed by atoms with Crippen LogP contribution in [0.1, 0.15) is 26.7 Å². The average Bonchev–Trinajstić information content (AvgIpc) is 2.29. The maximum atomic E-state index is 11.1. The molecule has 1 saturated heterocycles. The van der Waals surface area contributed by atoms with E-state index in [1.165, 1.54) is 6.92 Å². The highest BCUT2D eigenvalue weighted by Crippen LogP contribution is 2.25. The number of aliphatic carboxylic acids is 1. The van der Waals surface area contributed by atoms with E-state index in [1.54, 1.807) is 4.90 Å². The third-order valence-electron chi connectivity index (χ3n) is 2.53. The van der Waals surface area contributed by atoms with Crippen molar-refractivity contribution in [2.45, 2.75) is 32.7 Å². The summed E-state index contributed by atoms with van der Waals surface area (Å²) in [5.41, 5.74) is 0. The number of likely N-dealkylation sites (tertiary alicyclic amines) is 1. The normalized spacial score (nSPS) is 27.7. The van der Waals surface area contributed by atoms with Crippen molar-refractivity contribution in [3.63, 3.8) is 0 Å². The van der Waals surface area contributed by atoms with E-state index >= 15 is 0 Å². The number of carbonyl (C=O) groups is 2. The first kappa shape index (κ1) is 10.0. The lowest BCUT2D eigenvalue weighted by Gasteiger charge is -2.18. The minimum absolute atomic E-state index is 0.0420. The first-order chi connectivity index (χ1) is 6.00. The molecular weight excluding hydrogens is 170 g/mol. The molecule has 1 fully saturated rings. The predicted molar refractivity (Wildman–Crippen MR) is 47.2 cm³/mol. The van der Waals surface area contributed by atoms with Crippen LogP contribution in [0.5, 0.6) is 0 Å². The van der Waals surface area contributed by atoms with Crippen LogP contribution in [0.2, 0.25) is 0 Å². The van der Waals surface area contributed by atoms with Crippen LogP contribution in [0.25, 0.3) is 0 Å². The predicted octanol–water partition coefficient (Wildman–Crippen LogP) is 0.718. The number of nitrogens with zero attached hydrogens (tertiary/aromatic N) is 1. The quantitative estimate of drug-likeness (QED) is 0.689. The lowest BCUT2D eigenvalue weighted by atomic mass is 10.0. The van der Waals surface area contributed by atoms with Gasteiger partial charge in [-0.1, -0.05) is 0 Å². The van der Waals surface area contributed by atoms with Gasteiger partial charge in [-0.25, -0.2) is 0 Å². The van der Waals surface area contributed by atoms with Crippen molar-refractivity contribution in [3.05, 3.63) is 0 Å². The average molecular weight is 185 g/mol. The van der Waals surface area contributed by atoms with Gasteiger partial charge >= 0.3 is 5.97 Å². The van der Waals surface area contributed by atoms with Gasteiger partial charge in [0.1, 0.15) is 0 Å². The summed E-state index contributed by atoms with van der Waals surface area (Å²) in [5.74, 6) is -0.598. The Bertz CT molecular complexity index is 227. The van der Waals surface area contributed by atoms with Crippen LogP contribution in [0.15, 0.2) is 0 Å². The molecule has 0 aromatic rings. The molecule has 0 saturated carbocycles. The van der Waals surface area contributed by atoms with Gasteiger partial charge in [0.15, 0.2) is 0 Å². The highest BCUT2D eigenvalue weighted by atomic mass is 16.4. The summed E-state index contributed by atoms with van der Waals surface area (Å²) in [4.78, 5) is 23.2. The van der Waals surface area contributed by atoms with Crippen LogP contribution in [-0.4, -0.2) is 34.5 Å². The highest BCUT2D eigenvalue weighted by molar-refractivity contribution is 5.74. The van der Waals surface area contributed by atoms with Gasteiger partial charge in [-0.2, -0.15) is 0 Å². The molecule has 0 aromatic carbocycles. The Morgan fingerprint density at radius 2 is 2.15 bits per heavy atom. The SMILES string of the molecule is CC(=O)N1CC(CC(=O)O)CC1C. The van der Waals surface area contributed by atoms with Crippen molar-refractivity contribution in [1.82, 2.24) is 4.90 Å². The van der Waals surface area contributed by atoms with Crippen LogP contribution < -0.4 is 0 Å². The fraction of sp³-hybridized carbons (Fsp3) is 0.778. The van der Waals surface area contributed by atoms with Crippen molar-refractivity contribution >= 4 is 11.9 Å². The number of carboxylic acids is 1.